The SMILES string of the molecule is C[Si]1(C)c2ccccc2-c2c(-c3nc(-c4ccc(-c5ccccc5)cc4)nc(-c4ccc(-c5cccc6ccccc56)cc4)n3)cccc21. The summed E-state index contributed by atoms with van der Waals surface area (Å²) in [6.45, 7) is 4.88. The predicted molar refractivity (Wildman–Crippen MR) is 207 cm³/mol. The van der Waals surface area contributed by atoms with Crippen LogP contribution in [0, 0.1) is 0 Å². The largest absolute Gasteiger partial charge is 0.208 e. The zero-order valence-corrected chi connectivity index (χ0v) is 28.4. The van der Waals surface area contributed by atoms with E-state index in [0.717, 1.165) is 27.8 Å². The van der Waals surface area contributed by atoms with Gasteiger partial charge in [0.25, 0.3) is 0 Å². The fraction of sp³-hybridized carbons (Fsp3) is 0.0444. The van der Waals surface area contributed by atoms with Crippen molar-refractivity contribution in [2.45, 2.75) is 13.1 Å². The van der Waals surface area contributed by atoms with Crippen LogP contribution < -0.4 is 10.4 Å². The van der Waals surface area contributed by atoms with Crippen molar-refractivity contribution in [1.82, 2.24) is 15.0 Å². The summed E-state index contributed by atoms with van der Waals surface area (Å²) < 4.78 is 0. The number of hydrogen-bond acceptors (Lipinski definition) is 3. The van der Waals surface area contributed by atoms with Gasteiger partial charge in [0.1, 0.15) is 8.07 Å². The van der Waals surface area contributed by atoms with Crippen molar-refractivity contribution in [3.05, 3.63) is 164 Å². The molecule has 0 unspecified atom stereocenters. The number of nitrogens with zero attached hydrogens (tertiary/aromatic N) is 3. The van der Waals surface area contributed by atoms with Gasteiger partial charge >= 0.3 is 0 Å². The van der Waals surface area contributed by atoms with Crippen LogP contribution in [-0.2, 0) is 0 Å². The summed E-state index contributed by atoms with van der Waals surface area (Å²) in [5.74, 6) is 2.03. The normalized spacial score (nSPS) is 12.9. The molecule has 0 saturated heterocycles. The van der Waals surface area contributed by atoms with Crippen LogP contribution in [0.2, 0.25) is 13.1 Å². The van der Waals surface area contributed by atoms with E-state index in [2.05, 4.69) is 171 Å². The number of fused-ring (bicyclic) bond motifs is 4. The Balaban J connectivity index is 1.20. The van der Waals surface area contributed by atoms with Crippen LogP contribution >= 0.6 is 0 Å². The molecular weight excluding hydrogens is 611 g/mol. The molecule has 0 bridgehead atoms. The minimum Gasteiger partial charge on any atom is -0.208 e. The summed E-state index contributed by atoms with van der Waals surface area (Å²) in [5, 5.41) is 5.37. The van der Waals surface area contributed by atoms with Crippen molar-refractivity contribution < 1.29 is 0 Å². The molecule has 0 atom stereocenters. The molecular formula is C45H33N3Si. The van der Waals surface area contributed by atoms with Crippen LogP contribution in [0.1, 0.15) is 0 Å². The van der Waals surface area contributed by atoms with E-state index in [1.165, 1.54) is 43.4 Å². The van der Waals surface area contributed by atoms with E-state index < -0.39 is 8.07 Å². The summed E-state index contributed by atoms with van der Waals surface area (Å²) in [5.41, 5.74) is 10.3. The zero-order valence-electron chi connectivity index (χ0n) is 27.4. The molecule has 4 heteroatoms. The molecule has 8 aromatic rings. The standard InChI is InChI=1S/C45H33N3Si/c1-49(2)40-20-9-8-17-38(40)42-39(19-11-21-41(42)49)45-47-43(34-26-22-31(23-27-34)30-12-4-3-5-13-30)46-44(48-45)35-28-24-33(25-29-35)37-18-10-15-32-14-6-7-16-36(32)37/h3-29H,1-2H3. The Morgan fingerprint density at radius 3 is 1.59 bits per heavy atom. The van der Waals surface area contributed by atoms with Gasteiger partial charge in [0.15, 0.2) is 17.5 Å². The van der Waals surface area contributed by atoms with E-state index in [1.807, 2.05) is 6.07 Å². The Kier molecular flexibility index (Phi) is 6.92. The van der Waals surface area contributed by atoms with Crippen LogP contribution in [0.25, 0.3) is 78.3 Å². The first-order valence-corrected chi connectivity index (χ1v) is 19.8. The lowest BCUT2D eigenvalue weighted by Gasteiger charge is -2.18. The Morgan fingerprint density at radius 1 is 0.347 bits per heavy atom. The maximum Gasteiger partial charge on any atom is 0.164 e. The second-order valence-electron chi connectivity index (χ2n) is 13.3. The molecule has 1 aromatic heterocycles. The zero-order chi connectivity index (χ0) is 33.0. The number of rotatable bonds is 5. The highest BCUT2D eigenvalue weighted by molar-refractivity contribution is 7.04. The van der Waals surface area contributed by atoms with Crippen LogP contribution in [0.5, 0.6) is 0 Å². The molecule has 9 rings (SSSR count). The first kappa shape index (κ1) is 29.2. The third-order valence-electron chi connectivity index (χ3n) is 9.98. The van der Waals surface area contributed by atoms with Gasteiger partial charge in [-0.05, 0) is 54.5 Å². The Bertz CT molecular complexity index is 2500. The van der Waals surface area contributed by atoms with Crippen molar-refractivity contribution in [1.29, 1.82) is 0 Å². The summed E-state index contributed by atoms with van der Waals surface area (Å²) in [6.07, 6.45) is 0. The number of hydrogen-bond donors (Lipinski definition) is 0. The van der Waals surface area contributed by atoms with Crippen molar-refractivity contribution in [3.63, 3.8) is 0 Å². The van der Waals surface area contributed by atoms with Crippen molar-refractivity contribution >= 4 is 29.2 Å². The van der Waals surface area contributed by atoms with Gasteiger partial charge in [-0.1, -0.05) is 177 Å². The lowest BCUT2D eigenvalue weighted by molar-refractivity contribution is 1.07. The van der Waals surface area contributed by atoms with Gasteiger partial charge in [-0.3, -0.25) is 0 Å². The first-order valence-electron chi connectivity index (χ1n) is 16.8. The van der Waals surface area contributed by atoms with E-state index in [1.54, 1.807) is 0 Å². The molecule has 7 aromatic carbocycles. The van der Waals surface area contributed by atoms with Crippen molar-refractivity contribution in [3.8, 4) is 67.5 Å². The van der Waals surface area contributed by atoms with Gasteiger partial charge in [-0.2, -0.15) is 0 Å². The number of aromatic nitrogens is 3. The summed E-state index contributed by atoms with van der Waals surface area (Å²) >= 11 is 0. The van der Waals surface area contributed by atoms with Gasteiger partial charge in [0.05, 0.1) is 0 Å². The van der Waals surface area contributed by atoms with Gasteiger partial charge in [-0.15, -0.1) is 0 Å². The van der Waals surface area contributed by atoms with Gasteiger partial charge in [0, 0.05) is 16.7 Å². The molecule has 2 heterocycles. The monoisotopic (exact) mass is 643 g/mol. The van der Waals surface area contributed by atoms with E-state index in [4.69, 9.17) is 15.0 Å². The fourth-order valence-electron chi connectivity index (χ4n) is 7.41. The summed E-state index contributed by atoms with van der Waals surface area (Å²) in [4.78, 5) is 15.5. The highest BCUT2D eigenvalue weighted by atomic mass is 28.3. The molecule has 0 saturated carbocycles. The molecule has 49 heavy (non-hydrogen) atoms. The maximum absolute atomic E-state index is 5.21. The quantitative estimate of drug-likeness (QED) is 0.175. The molecule has 0 amide bonds. The van der Waals surface area contributed by atoms with E-state index in [0.29, 0.717) is 17.5 Å². The van der Waals surface area contributed by atoms with Crippen molar-refractivity contribution in [2.75, 3.05) is 0 Å². The van der Waals surface area contributed by atoms with E-state index in [-0.39, 0.29) is 0 Å². The van der Waals surface area contributed by atoms with Crippen LogP contribution in [0.15, 0.2) is 164 Å². The molecule has 0 N–H and O–H groups in total. The second-order valence-corrected chi connectivity index (χ2v) is 17.6. The Labute approximate surface area is 287 Å². The summed E-state index contributed by atoms with van der Waals surface area (Å²) in [7, 11) is -1.87. The van der Waals surface area contributed by atoms with Gasteiger partial charge < -0.3 is 0 Å². The van der Waals surface area contributed by atoms with Gasteiger partial charge in [-0.25, -0.2) is 15.0 Å². The molecule has 1 aliphatic heterocycles. The third kappa shape index (κ3) is 5.00. The molecule has 0 fully saturated rings. The second kappa shape index (κ2) is 11.6. The molecule has 0 spiro atoms. The first-order chi connectivity index (χ1) is 24.0. The maximum atomic E-state index is 5.21. The smallest absolute Gasteiger partial charge is 0.164 e. The highest BCUT2D eigenvalue weighted by Gasteiger charge is 2.38. The Hall–Kier alpha value is -5.97. The molecule has 3 nitrogen and oxygen atoms in total. The summed E-state index contributed by atoms with van der Waals surface area (Å²) in [6, 6.07) is 58.2. The van der Waals surface area contributed by atoms with E-state index in [9.17, 15) is 0 Å². The topological polar surface area (TPSA) is 38.7 Å². The number of benzene rings is 7. The van der Waals surface area contributed by atoms with Crippen LogP contribution in [0.4, 0.5) is 0 Å². The minimum absolute atomic E-state index is 0.664. The average molecular weight is 644 g/mol. The molecule has 1 aliphatic rings. The Morgan fingerprint density at radius 2 is 0.837 bits per heavy atom. The van der Waals surface area contributed by atoms with Crippen LogP contribution in [-0.4, -0.2) is 23.0 Å². The highest BCUT2D eigenvalue weighted by Crippen LogP contribution is 2.37. The van der Waals surface area contributed by atoms with E-state index >= 15 is 0 Å². The lowest BCUT2D eigenvalue weighted by Crippen LogP contribution is -2.49. The molecule has 0 aliphatic carbocycles. The van der Waals surface area contributed by atoms with Crippen molar-refractivity contribution in [2.24, 2.45) is 0 Å². The lowest BCUT2D eigenvalue weighted by atomic mass is 9.97. The minimum atomic E-state index is -1.87. The predicted octanol–water partition coefficient (Wildman–Crippen LogP) is 10.2. The molecule has 0 radical (unpaired) electrons. The fourth-order valence-corrected chi connectivity index (χ4v) is 10.5. The van der Waals surface area contributed by atoms with Gasteiger partial charge in [0.2, 0.25) is 0 Å². The third-order valence-corrected chi connectivity index (χ3v) is 13.5. The molecule has 232 valence electrons. The average Bonchev–Trinajstić information content (AvgIpc) is 3.41. The van der Waals surface area contributed by atoms with Crippen LogP contribution in [0.3, 0.4) is 0 Å².